The Morgan fingerprint density at radius 2 is 2.00 bits per heavy atom. The van der Waals surface area contributed by atoms with Crippen LogP contribution in [0.15, 0.2) is 0 Å². The molecule has 2 N–H and O–H groups in total. The van der Waals surface area contributed by atoms with Crippen LogP contribution < -0.4 is 5.32 Å². The Morgan fingerprint density at radius 1 is 1.42 bits per heavy atom. The van der Waals surface area contributed by atoms with E-state index in [1.165, 1.54) is 0 Å². The molecule has 1 rings (SSSR count). The summed E-state index contributed by atoms with van der Waals surface area (Å²) in [7, 11) is 0. The third kappa shape index (κ3) is 1.63. The Balaban J connectivity index is 2.52. The molecule has 1 fully saturated rings. The molecule has 0 amide bonds. The highest BCUT2D eigenvalue weighted by Gasteiger charge is 2.31. The van der Waals surface area contributed by atoms with Crippen LogP contribution in [0.5, 0.6) is 0 Å². The molecule has 0 bridgehead atoms. The van der Waals surface area contributed by atoms with Gasteiger partial charge in [-0.1, -0.05) is 0 Å². The highest BCUT2D eigenvalue weighted by Crippen LogP contribution is 2.12. The van der Waals surface area contributed by atoms with E-state index in [2.05, 4.69) is 5.32 Å². The van der Waals surface area contributed by atoms with Crippen molar-refractivity contribution in [3.05, 3.63) is 0 Å². The van der Waals surface area contributed by atoms with Gasteiger partial charge < -0.3 is 5.11 Å². The molecule has 2 atom stereocenters. The number of hydrogen-bond donors (Lipinski definition) is 2. The summed E-state index contributed by atoms with van der Waals surface area (Å²) in [5.74, 6) is 0.681. The molecule has 0 aromatic heterocycles. The predicted molar refractivity (Wildman–Crippen MR) is 41.4 cm³/mol. The van der Waals surface area contributed by atoms with Crippen molar-refractivity contribution in [3.8, 4) is 12.3 Å². The van der Waals surface area contributed by atoms with Gasteiger partial charge in [0.15, 0.2) is 0 Å². The maximum Gasteiger partial charge on any atom is 0.320 e. The third-order valence-corrected chi connectivity index (χ3v) is 1.90. The number of carbonyl (C=O) groups is 2. The number of rotatable bonds is 2. The smallest absolute Gasteiger partial charge is 0.320 e. The lowest BCUT2D eigenvalue weighted by Gasteiger charge is -2.06. The van der Waals surface area contributed by atoms with E-state index in [0.29, 0.717) is 12.8 Å². The topological polar surface area (TPSA) is 66.4 Å². The lowest BCUT2D eigenvalue weighted by Crippen LogP contribution is -2.38. The number of carbonyl (C=O) groups excluding carboxylic acids is 1. The third-order valence-electron chi connectivity index (χ3n) is 1.90. The van der Waals surface area contributed by atoms with E-state index < -0.39 is 18.1 Å². The summed E-state index contributed by atoms with van der Waals surface area (Å²) >= 11 is 0. The van der Waals surface area contributed by atoms with Gasteiger partial charge in [0.1, 0.15) is 6.04 Å². The van der Waals surface area contributed by atoms with E-state index in [1.807, 2.05) is 5.92 Å². The van der Waals surface area contributed by atoms with E-state index >= 15 is 0 Å². The highest BCUT2D eigenvalue weighted by atomic mass is 16.4. The van der Waals surface area contributed by atoms with Crippen molar-refractivity contribution >= 4 is 11.8 Å². The molecule has 0 aliphatic carbocycles. The first-order valence-corrected chi connectivity index (χ1v) is 3.64. The molecule has 0 radical (unpaired) electrons. The molecule has 1 saturated heterocycles. The zero-order valence-corrected chi connectivity index (χ0v) is 6.41. The number of hydrogen-bond acceptors (Lipinski definition) is 3. The average molecular weight is 167 g/mol. The van der Waals surface area contributed by atoms with Crippen molar-refractivity contribution in [1.29, 1.82) is 0 Å². The Hall–Kier alpha value is -1.34. The Morgan fingerprint density at radius 3 is 2.42 bits per heavy atom. The van der Waals surface area contributed by atoms with Gasteiger partial charge in [-0.25, -0.2) is 0 Å². The summed E-state index contributed by atoms with van der Waals surface area (Å²) in [5, 5.41) is 11.2. The summed E-state index contributed by atoms with van der Waals surface area (Å²) in [5.41, 5.74) is 0. The molecular formula is C8H9NO3. The number of carboxylic acids is 1. The van der Waals surface area contributed by atoms with Gasteiger partial charge in [0, 0.05) is 0 Å². The molecule has 0 spiro atoms. The van der Waals surface area contributed by atoms with Crippen LogP contribution in [0.3, 0.4) is 0 Å². The molecule has 1 heterocycles. The molecule has 4 nitrogen and oxygen atoms in total. The summed E-state index contributed by atoms with van der Waals surface area (Å²) < 4.78 is 0. The van der Waals surface area contributed by atoms with Gasteiger partial charge in [-0.3, -0.25) is 14.9 Å². The van der Waals surface area contributed by atoms with E-state index in [0.717, 1.165) is 0 Å². The van der Waals surface area contributed by atoms with Crippen LogP contribution in [0, 0.1) is 12.3 Å². The van der Waals surface area contributed by atoms with Crippen LogP contribution in [0.25, 0.3) is 0 Å². The fourth-order valence-electron chi connectivity index (χ4n) is 1.24. The lowest BCUT2D eigenvalue weighted by molar-refractivity contribution is -0.139. The first-order valence-electron chi connectivity index (χ1n) is 3.64. The molecule has 0 aromatic rings. The fraction of sp³-hybridized carbons (Fsp3) is 0.500. The zero-order chi connectivity index (χ0) is 9.14. The normalized spacial score (nSPS) is 27.9. The van der Waals surface area contributed by atoms with Crippen LogP contribution in [0.4, 0.5) is 0 Å². The predicted octanol–water partition coefficient (Wildman–Crippen LogP) is -0.606. The van der Waals surface area contributed by atoms with Crippen molar-refractivity contribution in [2.75, 3.05) is 0 Å². The Labute approximate surface area is 70.0 Å². The van der Waals surface area contributed by atoms with Crippen LogP contribution in [0.1, 0.15) is 12.8 Å². The minimum Gasteiger partial charge on any atom is -0.480 e. The molecular weight excluding hydrogens is 158 g/mol. The zero-order valence-electron chi connectivity index (χ0n) is 6.41. The van der Waals surface area contributed by atoms with Gasteiger partial charge >= 0.3 is 5.97 Å². The summed E-state index contributed by atoms with van der Waals surface area (Å²) in [6.07, 6.45) is 5.87. The van der Waals surface area contributed by atoms with Gasteiger partial charge in [-0.05, 0) is 18.8 Å². The van der Waals surface area contributed by atoms with Crippen LogP contribution >= 0.6 is 0 Å². The van der Waals surface area contributed by atoms with Crippen LogP contribution in [-0.2, 0) is 9.59 Å². The average Bonchev–Trinajstić information content (AvgIpc) is 2.51. The van der Waals surface area contributed by atoms with E-state index in [4.69, 9.17) is 11.5 Å². The van der Waals surface area contributed by atoms with Crippen molar-refractivity contribution in [3.63, 3.8) is 0 Å². The van der Waals surface area contributed by atoms with Gasteiger partial charge in [0.05, 0.1) is 6.04 Å². The second-order valence-corrected chi connectivity index (χ2v) is 2.70. The summed E-state index contributed by atoms with van der Waals surface area (Å²) in [6.45, 7) is 0. The second-order valence-electron chi connectivity index (χ2n) is 2.70. The minimum absolute atomic E-state index is 0.362. The van der Waals surface area contributed by atoms with Crippen molar-refractivity contribution in [2.24, 2.45) is 0 Å². The van der Waals surface area contributed by atoms with Crippen molar-refractivity contribution in [1.82, 2.24) is 5.32 Å². The standard InChI is InChI=1S/C8H9NO3/c1-2-7(10)5-3-4-6(9-5)8(11)12/h1,5-6,9H,3-4H2,(H,11,12). The number of ketones is 1. The van der Waals surface area contributed by atoms with Gasteiger partial charge in [0.2, 0.25) is 5.78 Å². The highest BCUT2D eigenvalue weighted by molar-refractivity contribution is 5.99. The van der Waals surface area contributed by atoms with E-state index in [-0.39, 0.29) is 5.78 Å². The quantitative estimate of drug-likeness (QED) is 0.425. The molecule has 12 heavy (non-hydrogen) atoms. The minimum atomic E-state index is -0.928. The molecule has 64 valence electrons. The maximum atomic E-state index is 10.9. The second kappa shape index (κ2) is 3.37. The first kappa shape index (κ1) is 8.75. The largest absolute Gasteiger partial charge is 0.480 e. The number of nitrogens with one attached hydrogen (secondary N) is 1. The monoisotopic (exact) mass is 167 g/mol. The molecule has 0 aromatic carbocycles. The van der Waals surface area contributed by atoms with Crippen LogP contribution in [0.2, 0.25) is 0 Å². The van der Waals surface area contributed by atoms with Crippen LogP contribution in [-0.4, -0.2) is 28.9 Å². The number of Topliss-reactive ketones (excluding diaryl/α,β-unsaturated/α-hetero) is 1. The molecule has 2 unspecified atom stereocenters. The van der Waals surface area contributed by atoms with Crippen molar-refractivity contribution < 1.29 is 14.7 Å². The lowest BCUT2D eigenvalue weighted by atomic mass is 10.1. The maximum absolute atomic E-state index is 10.9. The number of terminal acetylenes is 1. The summed E-state index contributed by atoms with van der Waals surface area (Å²) in [4.78, 5) is 21.3. The molecule has 0 saturated carbocycles. The van der Waals surface area contributed by atoms with Gasteiger partial charge in [0.25, 0.3) is 0 Å². The van der Waals surface area contributed by atoms with Crippen molar-refractivity contribution in [2.45, 2.75) is 24.9 Å². The van der Waals surface area contributed by atoms with Gasteiger partial charge in [-0.2, -0.15) is 0 Å². The summed E-state index contributed by atoms with van der Waals surface area (Å²) in [6, 6.07) is -1.08. The fourth-order valence-corrected chi connectivity index (χ4v) is 1.24. The first-order chi connectivity index (χ1) is 5.65. The number of aliphatic carboxylic acids is 1. The Kier molecular flexibility index (Phi) is 2.46. The Bertz CT molecular complexity index is 254. The molecule has 1 aliphatic heterocycles. The number of carboxylic acid groups (broad SMARTS) is 1. The molecule has 4 heteroatoms. The van der Waals surface area contributed by atoms with E-state index in [1.54, 1.807) is 0 Å². The molecule has 1 aliphatic rings. The van der Waals surface area contributed by atoms with E-state index in [9.17, 15) is 9.59 Å². The SMILES string of the molecule is C#CC(=O)C1CCC(C(=O)O)N1. The van der Waals surface area contributed by atoms with Gasteiger partial charge in [-0.15, -0.1) is 6.42 Å².